The molecule has 0 aliphatic heterocycles. The van der Waals surface area contributed by atoms with E-state index in [1.165, 1.54) is 12.1 Å². The molecule has 0 saturated carbocycles. The van der Waals surface area contributed by atoms with Crippen LogP contribution in [0.1, 0.15) is 15.9 Å². The Hall–Kier alpha value is -3.54. The summed E-state index contributed by atoms with van der Waals surface area (Å²) in [6.45, 7) is 0.507. The van der Waals surface area contributed by atoms with Gasteiger partial charge in [0.05, 0.1) is 23.0 Å². The first kappa shape index (κ1) is 17.9. The second-order valence-electron chi connectivity index (χ2n) is 6.61. The normalized spacial score (nSPS) is 10.9. The number of nitrogens with zero attached hydrogens (tertiary/aromatic N) is 3. The first-order chi connectivity index (χ1) is 13.6. The predicted octanol–water partition coefficient (Wildman–Crippen LogP) is 3.75. The van der Waals surface area contributed by atoms with Crippen molar-refractivity contribution in [1.29, 1.82) is 0 Å². The van der Waals surface area contributed by atoms with Gasteiger partial charge in [-0.3, -0.25) is 9.48 Å². The molecule has 0 radical (unpaired) electrons. The predicted molar refractivity (Wildman–Crippen MR) is 106 cm³/mol. The maximum absolute atomic E-state index is 13.3. The monoisotopic (exact) mass is 374 g/mol. The molecule has 0 saturated heterocycles. The number of para-hydroxylation sites is 1. The van der Waals surface area contributed by atoms with Gasteiger partial charge in [-0.2, -0.15) is 5.10 Å². The summed E-state index contributed by atoms with van der Waals surface area (Å²) in [5.74, 6) is -0.469. The number of rotatable bonds is 5. The smallest absolute Gasteiger partial charge is 0.252 e. The molecule has 5 nitrogen and oxygen atoms in total. The van der Waals surface area contributed by atoms with Crippen LogP contribution in [0.3, 0.4) is 0 Å². The lowest BCUT2D eigenvalue weighted by Crippen LogP contribution is -2.26. The number of aromatic nitrogens is 3. The third-order valence-corrected chi connectivity index (χ3v) is 4.56. The van der Waals surface area contributed by atoms with E-state index in [2.05, 4.69) is 15.4 Å². The summed E-state index contributed by atoms with van der Waals surface area (Å²) in [4.78, 5) is 17.5. The second-order valence-corrected chi connectivity index (χ2v) is 6.61. The topological polar surface area (TPSA) is 59.8 Å². The molecule has 28 heavy (non-hydrogen) atoms. The number of carbonyl (C=O) groups is 1. The van der Waals surface area contributed by atoms with E-state index in [0.29, 0.717) is 24.2 Å². The minimum absolute atomic E-state index is 0.161. The zero-order chi connectivity index (χ0) is 19.5. The minimum atomic E-state index is -0.307. The summed E-state index contributed by atoms with van der Waals surface area (Å²) in [5.41, 5.74) is 3.74. The maximum Gasteiger partial charge on any atom is 0.252 e. The van der Waals surface area contributed by atoms with E-state index in [0.717, 1.165) is 22.0 Å². The zero-order valence-electron chi connectivity index (χ0n) is 15.4. The number of aryl methyl sites for hydroxylation is 1. The Kier molecular flexibility index (Phi) is 4.85. The third-order valence-electron chi connectivity index (χ3n) is 4.56. The number of fused-ring (bicyclic) bond motifs is 1. The molecule has 2 aromatic carbocycles. The third kappa shape index (κ3) is 3.76. The van der Waals surface area contributed by atoms with Gasteiger partial charge in [0, 0.05) is 30.7 Å². The lowest BCUT2D eigenvalue weighted by molar-refractivity contribution is 0.0955. The van der Waals surface area contributed by atoms with Crippen LogP contribution in [-0.4, -0.2) is 27.2 Å². The Morgan fingerprint density at radius 2 is 1.93 bits per heavy atom. The fourth-order valence-electron chi connectivity index (χ4n) is 3.15. The molecular weight excluding hydrogens is 355 g/mol. The van der Waals surface area contributed by atoms with Crippen LogP contribution in [0, 0.1) is 5.82 Å². The van der Waals surface area contributed by atoms with Crippen LogP contribution >= 0.6 is 0 Å². The number of halogens is 1. The number of hydrogen-bond donors (Lipinski definition) is 1. The Bertz CT molecular complexity index is 1130. The summed E-state index contributed by atoms with van der Waals surface area (Å²) >= 11 is 0. The van der Waals surface area contributed by atoms with Crippen molar-refractivity contribution in [2.24, 2.45) is 7.05 Å². The number of benzene rings is 2. The molecule has 2 heterocycles. The van der Waals surface area contributed by atoms with Crippen LogP contribution in [0.4, 0.5) is 4.39 Å². The average Bonchev–Trinajstić information content (AvgIpc) is 3.12. The van der Waals surface area contributed by atoms with E-state index < -0.39 is 0 Å². The van der Waals surface area contributed by atoms with Crippen LogP contribution < -0.4 is 5.32 Å². The highest BCUT2D eigenvalue weighted by Gasteiger charge is 2.14. The standard InChI is InChI=1S/C22H19FN4O/c1-27-14-15(13-25-27)10-11-24-22(28)19-12-21(16-6-8-17(23)9-7-16)26-20-5-3-2-4-18(19)20/h2-9,12-14H,10-11H2,1H3,(H,24,28). The summed E-state index contributed by atoms with van der Waals surface area (Å²) in [7, 11) is 1.86. The van der Waals surface area contributed by atoms with Gasteiger partial charge in [-0.15, -0.1) is 0 Å². The molecule has 1 N–H and O–H groups in total. The van der Waals surface area contributed by atoms with E-state index in [1.807, 2.05) is 37.5 Å². The molecule has 2 aromatic heterocycles. The first-order valence-corrected chi connectivity index (χ1v) is 9.01. The van der Waals surface area contributed by atoms with E-state index in [1.54, 1.807) is 29.1 Å². The van der Waals surface area contributed by atoms with Crippen LogP contribution in [0.15, 0.2) is 67.0 Å². The maximum atomic E-state index is 13.3. The first-order valence-electron chi connectivity index (χ1n) is 9.01. The van der Waals surface area contributed by atoms with Crippen molar-refractivity contribution in [3.63, 3.8) is 0 Å². The molecule has 4 aromatic rings. The van der Waals surface area contributed by atoms with Crippen LogP contribution in [0.5, 0.6) is 0 Å². The van der Waals surface area contributed by atoms with E-state index in [-0.39, 0.29) is 11.7 Å². The highest BCUT2D eigenvalue weighted by atomic mass is 19.1. The zero-order valence-corrected chi connectivity index (χ0v) is 15.4. The van der Waals surface area contributed by atoms with E-state index in [4.69, 9.17) is 0 Å². The fraction of sp³-hybridized carbons (Fsp3) is 0.136. The number of nitrogens with one attached hydrogen (secondary N) is 1. The summed E-state index contributed by atoms with van der Waals surface area (Å²) < 4.78 is 15.0. The number of carbonyl (C=O) groups excluding carboxylic acids is 1. The Labute approximate surface area is 161 Å². The fourth-order valence-corrected chi connectivity index (χ4v) is 3.15. The summed E-state index contributed by atoms with van der Waals surface area (Å²) in [6.07, 6.45) is 4.43. The van der Waals surface area contributed by atoms with Gasteiger partial charge < -0.3 is 5.32 Å². The van der Waals surface area contributed by atoms with Gasteiger partial charge in [0.15, 0.2) is 0 Å². The highest BCUT2D eigenvalue weighted by molar-refractivity contribution is 6.07. The largest absolute Gasteiger partial charge is 0.352 e. The lowest BCUT2D eigenvalue weighted by Gasteiger charge is -2.10. The van der Waals surface area contributed by atoms with Gasteiger partial charge in [-0.05, 0) is 48.4 Å². The molecule has 4 rings (SSSR count). The summed E-state index contributed by atoms with van der Waals surface area (Å²) in [6, 6.07) is 15.4. The van der Waals surface area contributed by atoms with Crippen molar-refractivity contribution in [3.8, 4) is 11.3 Å². The van der Waals surface area contributed by atoms with Gasteiger partial charge in [-0.25, -0.2) is 9.37 Å². The van der Waals surface area contributed by atoms with Gasteiger partial charge in [0.2, 0.25) is 0 Å². The molecule has 0 spiro atoms. The summed E-state index contributed by atoms with van der Waals surface area (Å²) in [5, 5.41) is 7.89. The quantitative estimate of drug-likeness (QED) is 0.579. The van der Waals surface area contributed by atoms with Crippen LogP contribution in [-0.2, 0) is 13.5 Å². The van der Waals surface area contributed by atoms with Gasteiger partial charge in [0.1, 0.15) is 5.82 Å². The van der Waals surface area contributed by atoms with Crippen molar-refractivity contribution in [1.82, 2.24) is 20.1 Å². The number of pyridine rings is 1. The Morgan fingerprint density at radius 3 is 2.68 bits per heavy atom. The van der Waals surface area contributed by atoms with Crippen molar-refractivity contribution < 1.29 is 9.18 Å². The van der Waals surface area contributed by atoms with E-state index in [9.17, 15) is 9.18 Å². The molecule has 0 bridgehead atoms. The van der Waals surface area contributed by atoms with Crippen LogP contribution in [0.25, 0.3) is 22.2 Å². The van der Waals surface area contributed by atoms with Crippen molar-refractivity contribution in [2.75, 3.05) is 6.54 Å². The average molecular weight is 374 g/mol. The molecule has 140 valence electrons. The van der Waals surface area contributed by atoms with Crippen molar-refractivity contribution in [3.05, 3.63) is 83.9 Å². The van der Waals surface area contributed by atoms with E-state index >= 15 is 0 Å². The second kappa shape index (κ2) is 7.60. The van der Waals surface area contributed by atoms with Crippen molar-refractivity contribution in [2.45, 2.75) is 6.42 Å². The molecule has 0 aliphatic rings. The van der Waals surface area contributed by atoms with Gasteiger partial charge >= 0.3 is 0 Å². The lowest BCUT2D eigenvalue weighted by atomic mass is 10.0. The molecule has 6 heteroatoms. The molecule has 0 fully saturated rings. The Balaban J connectivity index is 1.62. The molecule has 0 atom stereocenters. The minimum Gasteiger partial charge on any atom is -0.352 e. The van der Waals surface area contributed by atoms with Gasteiger partial charge in [0.25, 0.3) is 5.91 Å². The molecule has 0 aliphatic carbocycles. The molecular formula is C22H19FN4O. The Morgan fingerprint density at radius 1 is 1.14 bits per heavy atom. The van der Waals surface area contributed by atoms with Crippen LogP contribution in [0.2, 0.25) is 0 Å². The van der Waals surface area contributed by atoms with Crippen molar-refractivity contribution >= 4 is 16.8 Å². The van der Waals surface area contributed by atoms with Gasteiger partial charge in [-0.1, -0.05) is 18.2 Å². The SMILES string of the molecule is Cn1cc(CCNC(=O)c2cc(-c3ccc(F)cc3)nc3ccccc23)cn1. The number of amides is 1. The number of hydrogen-bond acceptors (Lipinski definition) is 3. The highest BCUT2D eigenvalue weighted by Crippen LogP contribution is 2.25. The molecule has 1 amide bonds. The molecule has 0 unspecified atom stereocenters.